The average molecular weight is 591 g/mol. The van der Waals surface area contributed by atoms with Crippen molar-refractivity contribution < 1.29 is 39.5 Å². The Bertz CT molecular complexity index is 1140. The van der Waals surface area contributed by atoms with Crippen molar-refractivity contribution in [3.05, 3.63) is 103 Å². The van der Waals surface area contributed by atoms with Gasteiger partial charge in [-0.25, -0.2) is 13.2 Å². The summed E-state index contributed by atoms with van der Waals surface area (Å²) in [6.07, 6.45) is -8.78. The lowest BCUT2D eigenvalue weighted by atomic mass is 9.98. The van der Waals surface area contributed by atoms with Gasteiger partial charge in [0.1, 0.15) is 5.82 Å². The van der Waals surface area contributed by atoms with Crippen LogP contribution in [0.4, 0.5) is 39.5 Å². The molecule has 3 aromatic carbocycles. The zero-order chi connectivity index (χ0) is 29.4. The Morgan fingerprint density at radius 3 is 1.34 bits per heavy atom. The average Bonchev–Trinajstić information content (AvgIpc) is 2.82. The van der Waals surface area contributed by atoms with E-state index in [2.05, 4.69) is 0 Å². The lowest BCUT2D eigenvalue weighted by Gasteiger charge is -2.17. The Labute approximate surface area is 225 Å². The summed E-state index contributed by atoms with van der Waals surface area (Å²) < 4.78 is 113. The van der Waals surface area contributed by atoms with E-state index in [4.69, 9.17) is 23.2 Å². The third-order valence-electron chi connectivity index (χ3n) is 5.34. The molecule has 0 amide bonds. The molecule has 0 N–H and O–H groups in total. The molecule has 0 fully saturated rings. The topological polar surface area (TPSA) is 0 Å². The molecular weight excluding hydrogens is 566 g/mol. The van der Waals surface area contributed by atoms with Gasteiger partial charge in [0.2, 0.25) is 0 Å². The molecule has 0 spiro atoms. The number of rotatable bonds is 3. The summed E-state index contributed by atoms with van der Waals surface area (Å²) in [5, 5.41) is 1.52. The largest absolute Gasteiger partial charge is 0.416 e. The first-order valence-corrected chi connectivity index (χ1v) is 12.1. The second-order valence-electron chi connectivity index (χ2n) is 7.87. The van der Waals surface area contributed by atoms with E-state index in [0.717, 1.165) is 34.2 Å². The van der Waals surface area contributed by atoms with Crippen molar-refractivity contribution in [2.24, 2.45) is 0 Å². The molecule has 0 aliphatic heterocycles. The van der Waals surface area contributed by atoms with Crippen LogP contribution in [0.5, 0.6) is 0 Å². The summed E-state index contributed by atoms with van der Waals surface area (Å²) in [5.41, 5.74) is -2.14. The van der Waals surface area contributed by atoms with Crippen molar-refractivity contribution in [2.75, 3.05) is 0 Å². The van der Waals surface area contributed by atoms with E-state index in [-0.39, 0.29) is 24.0 Å². The molecule has 0 heterocycles. The predicted molar refractivity (Wildman–Crippen MR) is 132 cm³/mol. The molecule has 0 aliphatic carbocycles. The van der Waals surface area contributed by atoms with Crippen molar-refractivity contribution in [2.45, 2.75) is 59.3 Å². The van der Waals surface area contributed by atoms with E-state index in [1.54, 1.807) is 6.92 Å². The molecule has 0 bridgehead atoms. The van der Waals surface area contributed by atoms with Crippen LogP contribution in [0.15, 0.2) is 42.5 Å². The monoisotopic (exact) mass is 590 g/mol. The normalized spacial score (nSPS) is 11.3. The summed E-state index contributed by atoms with van der Waals surface area (Å²) in [6, 6.07) is 8.51. The van der Waals surface area contributed by atoms with Gasteiger partial charge in [0.15, 0.2) is 11.6 Å². The number of aryl methyl sites for hydroxylation is 1. The van der Waals surface area contributed by atoms with Crippen LogP contribution in [0.1, 0.15) is 54.2 Å². The van der Waals surface area contributed by atoms with Gasteiger partial charge in [0.25, 0.3) is 0 Å². The second-order valence-corrected chi connectivity index (χ2v) is 8.68. The SMILES string of the molecule is CCc1c(C(F)(F)F)cccc1C(F)(F)F.CCc1c(Cl)cccc1Cl.CCc1c(F)c(C)cc(F)c1F. The number of benzene rings is 3. The zero-order valence-electron chi connectivity index (χ0n) is 20.8. The van der Waals surface area contributed by atoms with Gasteiger partial charge < -0.3 is 0 Å². The fraction of sp³-hybridized carbons (Fsp3) is 0.333. The molecule has 0 unspecified atom stereocenters. The molecule has 11 heteroatoms. The predicted octanol–water partition coefficient (Wildman–Crippen LogP) is 10.8. The second kappa shape index (κ2) is 14.1. The number of alkyl halides is 6. The molecule has 3 aromatic rings. The van der Waals surface area contributed by atoms with Gasteiger partial charge in [0, 0.05) is 15.6 Å². The lowest BCUT2D eigenvalue weighted by Crippen LogP contribution is -2.15. The van der Waals surface area contributed by atoms with Crippen LogP contribution in [0.25, 0.3) is 0 Å². The van der Waals surface area contributed by atoms with Gasteiger partial charge in [-0.15, -0.1) is 0 Å². The minimum atomic E-state index is -4.76. The highest BCUT2D eigenvalue weighted by atomic mass is 35.5. The molecule has 0 atom stereocenters. The third kappa shape index (κ3) is 8.83. The van der Waals surface area contributed by atoms with Crippen molar-refractivity contribution in [3.8, 4) is 0 Å². The van der Waals surface area contributed by atoms with E-state index in [1.807, 2.05) is 25.1 Å². The van der Waals surface area contributed by atoms with E-state index in [1.165, 1.54) is 13.8 Å². The van der Waals surface area contributed by atoms with Gasteiger partial charge in [0.05, 0.1) is 11.1 Å². The fourth-order valence-electron chi connectivity index (χ4n) is 3.47. The summed E-state index contributed by atoms with van der Waals surface area (Å²) in [6.45, 7) is 6.30. The molecule has 0 saturated carbocycles. The van der Waals surface area contributed by atoms with E-state index in [9.17, 15) is 39.5 Å². The van der Waals surface area contributed by atoms with Gasteiger partial charge in [-0.2, -0.15) is 26.3 Å². The van der Waals surface area contributed by atoms with Crippen molar-refractivity contribution in [1.82, 2.24) is 0 Å². The molecule has 3 rings (SSSR count). The lowest BCUT2D eigenvalue weighted by molar-refractivity contribution is -0.144. The van der Waals surface area contributed by atoms with E-state index < -0.39 is 46.5 Å². The van der Waals surface area contributed by atoms with E-state index >= 15 is 0 Å². The smallest absolute Gasteiger partial charge is 0.206 e. The first-order valence-electron chi connectivity index (χ1n) is 11.3. The van der Waals surface area contributed by atoms with E-state index in [0.29, 0.717) is 12.1 Å². The fourth-order valence-corrected chi connectivity index (χ4v) is 4.14. The first-order chi connectivity index (χ1) is 17.5. The van der Waals surface area contributed by atoms with Crippen LogP contribution in [0, 0.1) is 24.4 Å². The van der Waals surface area contributed by atoms with Crippen LogP contribution in [0.2, 0.25) is 10.0 Å². The summed E-state index contributed by atoms with van der Waals surface area (Å²) in [5.74, 6) is -2.69. The highest BCUT2D eigenvalue weighted by Gasteiger charge is 2.39. The van der Waals surface area contributed by atoms with Crippen molar-refractivity contribution in [1.29, 1.82) is 0 Å². The Kier molecular flexibility index (Phi) is 12.5. The summed E-state index contributed by atoms with van der Waals surface area (Å²) in [4.78, 5) is 0. The van der Waals surface area contributed by atoms with Crippen molar-refractivity contribution in [3.63, 3.8) is 0 Å². The minimum absolute atomic E-state index is 0.144. The minimum Gasteiger partial charge on any atom is -0.206 e. The van der Waals surface area contributed by atoms with Crippen LogP contribution < -0.4 is 0 Å². The zero-order valence-corrected chi connectivity index (χ0v) is 22.3. The van der Waals surface area contributed by atoms with Gasteiger partial charge in [-0.3, -0.25) is 0 Å². The number of halogens is 11. The quantitative estimate of drug-likeness (QED) is 0.210. The van der Waals surface area contributed by atoms with Crippen molar-refractivity contribution >= 4 is 23.2 Å². The Morgan fingerprint density at radius 1 is 0.605 bits per heavy atom. The highest BCUT2D eigenvalue weighted by Crippen LogP contribution is 2.39. The summed E-state index contributed by atoms with van der Waals surface area (Å²) in [7, 11) is 0. The van der Waals surface area contributed by atoms with Crippen LogP contribution in [-0.4, -0.2) is 0 Å². The molecular formula is C27H25Cl2F9. The maximum Gasteiger partial charge on any atom is 0.416 e. The molecule has 0 saturated heterocycles. The van der Waals surface area contributed by atoms with Gasteiger partial charge in [-0.05, 0) is 73.2 Å². The highest BCUT2D eigenvalue weighted by molar-refractivity contribution is 6.35. The Hall–Kier alpha value is -2.39. The van der Waals surface area contributed by atoms with Crippen LogP contribution >= 0.6 is 23.2 Å². The van der Waals surface area contributed by atoms with Gasteiger partial charge in [-0.1, -0.05) is 56.1 Å². The molecule has 210 valence electrons. The van der Waals surface area contributed by atoms with Gasteiger partial charge >= 0.3 is 12.4 Å². The van der Waals surface area contributed by atoms with Crippen LogP contribution in [0.3, 0.4) is 0 Å². The molecule has 0 aliphatic rings. The Balaban J connectivity index is 0.000000294. The maximum absolute atomic E-state index is 13.0. The standard InChI is InChI=1S/C10H8F6.C9H9F3.C8H8Cl2/c1-2-6-7(9(11,12)13)4-3-5-8(6)10(14,15)16;1-3-6-8(11)5(2)4-7(10)9(6)12;1-2-6-7(9)4-3-5-8(6)10/h3-5H,2H2,1H3;4H,3H2,1-2H3;3-5H,2H2,1H3. The maximum atomic E-state index is 13.0. The molecule has 0 radical (unpaired) electrons. The summed E-state index contributed by atoms with van der Waals surface area (Å²) >= 11 is 11.7. The molecule has 0 aromatic heterocycles. The molecule has 38 heavy (non-hydrogen) atoms. The van der Waals surface area contributed by atoms with Crippen LogP contribution in [-0.2, 0) is 31.6 Å². The Morgan fingerprint density at radius 2 is 1.00 bits per heavy atom. The first kappa shape index (κ1) is 33.6. The number of hydrogen-bond acceptors (Lipinski definition) is 0. The third-order valence-corrected chi connectivity index (χ3v) is 6.05. The molecule has 0 nitrogen and oxygen atoms in total. The number of hydrogen-bond donors (Lipinski definition) is 0.